The number of amides is 1. The second kappa shape index (κ2) is 7.37. The number of rotatable bonds is 6. The van der Waals surface area contributed by atoms with Gasteiger partial charge in [-0.05, 0) is 32.9 Å². The van der Waals surface area contributed by atoms with E-state index in [1.165, 1.54) is 0 Å². The summed E-state index contributed by atoms with van der Waals surface area (Å²) in [5, 5.41) is 11.9. The molecule has 0 saturated carbocycles. The average Bonchev–Trinajstić information content (AvgIpc) is 2.45. The van der Waals surface area contributed by atoms with Crippen LogP contribution in [-0.2, 0) is 0 Å². The first-order chi connectivity index (χ1) is 9.12. The number of anilines is 1. The molecule has 5 heteroatoms. The van der Waals surface area contributed by atoms with Crippen molar-refractivity contribution in [2.75, 3.05) is 25.0 Å². The lowest BCUT2D eigenvalue weighted by Crippen LogP contribution is -2.34. The summed E-state index contributed by atoms with van der Waals surface area (Å²) in [5.41, 5.74) is 0.550. The lowest BCUT2D eigenvalue weighted by Gasteiger charge is -2.21. The number of nitrogens with one attached hydrogen (secondary N) is 1. The minimum absolute atomic E-state index is 0.0832. The number of carbonyl (C=O) groups excluding carboxylic acids is 1. The van der Waals surface area contributed by atoms with Crippen LogP contribution >= 0.6 is 0 Å². The molecule has 5 nitrogen and oxygen atoms in total. The number of hydrogen-bond donors (Lipinski definition) is 1. The maximum atomic E-state index is 12.3. The molecular formula is C14H20N4O. The molecule has 0 radical (unpaired) electrons. The zero-order valence-corrected chi connectivity index (χ0v) is 11.7. The second-order valence-electron chi connectivity index (χ2n) is 4.34. The summed E-state index contributed by atoms with van der Waals surface area (Å²) in [4.78, 5) is 18.1. The van der Waals surface area contributed by atoms with Gasteiger partial charge in [0.2, 0.25) is 0 Å². The maximum Gasteiger partial charge on any atom is 0.255 e. The minimum atomic E-state index is -0.169. The molecular weight excluding hydrogens is 240 g/mol. The van der Waals surface area contributed by atoms with E-state index in [2.05, 4.69) is 16.4 Å². The van der Waals surface area contributed by atoms with Gasteiger partial charge >= 0.3 is 0 Å². The second-order valence-corrected chi connectivity index (χ2v) is 4.34. The highest BCUT2D eigenvalue weighted by Crippen LogP contribution is 2.09. The van der Waals surface area contributed by atoms with Crippen molar-refractivity contribution in [2.45, 2.75) is 20.8 Å². The summed E-state index contributed by atoms with van der Waals surface area (Å²) in [6.45, 7) is 7.52. The number of hydrogen-bond acceptors (Lipinski definition) is 4. The summed E-state index contributed by atoms with van der Waals surface area (Å²) < 4.78 is 0. The summed E-state index contributed by atoms with van der Waals surface area (Å²) in [7, 11) is 0. The molecule has 0 saturated heterocycles. The molecule has 1 unspecified atom stereocenters. The molecule has 1 heterocycles. The lowest BCUT2D eigenvalue weighted by atomic mass is 10.1. The van der Waals surface area contributed by atoms with E-state index in [1.54, 1.807) is 23.2 Å². The van der Waals surface area contributed by atoms with Gasteiger partial charge in [0.1, 0.15) is 5.82 Å². The number of nitriles is 1. The quantitative estimate of drug-likeness (QED) is 0.850. The van der Waals surface area contributed by atoms with Crippen molar-refractivity contribution < 1.29 is 4.79 Å². The van der Waals surface area contributed by atoms with Crippen molar-refractivity contribution >= 4 is 11.7 Å². The van der Waals surface area contributed by atoms with Crippen LogP contribution < -0.4 is 5.32 Å². The summed E-state index contributed by atoms with van der Waals surface area (Å²) in [5.74, 6) is 0.505. The average molecular weight is 260 g/mol. The van der Waals surface area contributed by atoms with Crippen LogP contribution in [0.25, 0.3) is 0 Å². The first-order valence-electron chi connectivity index (χ1n) is 6.51. The van der Waals surface area contributed by atoms with Crippen molar-refractivity contribution in [3.63, 3.8) is 0 Å². The van der Waals surface area contributed by atoms with Crippen molar-refractivity contribution in [3.8, 4) is 6.07 Å². The van der Waals surface area contributed by atoms with Crippen molar-refractivity contribution in [1.29, 1.82) is 5.26 Å². The highest BCUT2D eigenvalue weighted by Gasteiger charge is 2.16. The van der Waals surface area contributed by atoms with E-state index in [9.17, 15) is 4.79 Å². The molecule has 19 heavy (non-hydrogen) atoms. The van der Waals surface area contributed by atoms with Gasteiger partial charge in [-0.15, -0.1) is 0 Å². The van der Waals surface area contributed by atoms with Crippen molar-refractivity contribution in [1.82, 2.24) is 9.88 Å². The van der Waals surface area contributed by atoms with E-state index >= 15 is 0 Å². The first kappa shape index (κ1) is 15.0. The Morgan fingerprint density at radius 1 is 1.53 bits per heavy atom. The Bertz CT molecular complexity index is 450. The van der Waals surface area contributed by atoms with Gasteiger partial charge in [0.05, 0.1) is 17.6 Å². The molecule has 1 amide bonds. The zero-order chi connectivity index (χ0) is 14.3. The molecule has 0 bridgehead atoms. The molecule has 1 rings (SSSR count). The highest BCUT2D eigenvalue weighted by molar-refractivity contribution is 5.94. The van der Waals surface area contributed by atoms with Crippen LogP contribution in [0.4, 0.5) is 5.82 Å². The summed E-state index contributed by atoms with van der Waals surface area (Å²) in [6, 6.07) is 5.69. The Kier molecular flexibility index (Phi) is 5.80. The predicted molar refractivity (Wildman–Crippen MR) is 74.8 cm³/mol. The lowest BCUT2D eigenvalue weighted by molar-refractivity contribution is 0.0752. The molecule has 0 aliphatic heterocycles. The van der Waals surface area contributed by atoms with Crippen LogP contribution in [0.1, 0.15) is 31.1 Å². The standard InChI is InChI=1S/C14H20N4O/c1-4-16-13-7-6-12(9-17-13)14(19)18(5-2)10-11(3)8-15/h6-7,9,11H,4-5,10H2,1-3H3,(H,16,17). The molecule has 0 aliphatic rings. The molecule has 0 aromatic carbocycles. The number of aromatic nitrogens is 1. The largest absolute Gasteiger partial charge is 0.370 e. The van der Waals surface area contributed by atoms with Crippen LogP contribution in [0.2, 0.25) is 0 Å². The van der Waals surface area contributed by atoms with Gasteiger partial charge in [-0.25, -0.2) is 4.98 Å². The third kappa shape index (κ3) is 4.25. The summed E-state index contributed by atoms with van der Waals surface area (Å²) in [6.07, 6.45) is 1.57. The highest BCUT2D eigenvalue weighted by atomic mass is 16.2. The Hall–Kier alpha value is -2.09. The Morgan fingerprint density at radius 3 is 2.74 bits per heavy atom. The first-order valence-corrected chi connectivity index (χ1v) is 6.51. The van der Waals surface area contributed by atoms with E-state index in [0.717, 1.165) is 12.4 Å². The van der Waals surface area contributed by atoms with Crippen LogP contribution in [0.15, 0.2) is 18.3 Å². The summed E-state index contributed by atoms with van der Waals surface area (Å²) >= 11 is 0. The third-order valence-corrected chi connectivity index (χ3v) is 2.75. The van der Waals surface area contributed by atoms with Crippen molar-refractivity contribution in [2.24, 2.45) is 5.92 Å². The molecule has 1 atom stereocenters. The normalized spacial score (nSPS) is 11.5. The Labute approximate surface area is 114 Å². The third-order valence-electron chi connectivity index (χ3n) is 2.75. The zero-order valence-electron chi connectivity index (χ0n) is 11.7. The smallest absolute Gasteiger partial charge is 0.255 e. The molecule has 0 fully saturated rings. The van der Waals surface area contributed by atoms with Gasteiger partial charge in [-0.2, -0.15) is 5.26 Å². The molecule has 0 aliphatic carbocycles. The topological polar surface area (TPSA) is 69.0 Å². The van der Waals surface area contributed by atoms with Gasteiger partial charge in [0.15, 0.2) is 0 Å². The fourth-order valence-electron chi connectivity index (χ4n) is 1.72. The van der Waals surface area contributed by atoms with Crippen LogP contribution in [0.3, 0.4) is 0 Å². The number of pyridine rings is 1. The Morgan fingerprint density at radius 2 is 2.26 bits per heavy atom. The van der Waals surface area contributed by atoms with Gasteiger partial charge < -0.3 is 10.2 Å². The van der Waals surface area contributed by atoms with Gasteiger partial charge in [0.25, 0.3) is 5.91 Å². The monoisotopic (exact) mass is 260 g/mol. The van der Waals surface area contributed by atoms with Gasteiger partial charge in [-0.1, -0.05) is 0 Å². The van der Waals surface area contributed by atoms with Gasteiger partial charge in [0, 0.05) is 25.8 Å². The van der Waals surface area contributed by atoms with Crippen LogP contribution in [-0.4, -0.2) is 35.4 Å². The van der Waals surface area contributed by atoms with Gasteiger partial charge in [-0.3, -0.25) is 4.79 Å². The molecule has 1 aromatic rings. The fraction of sp³-hybridized carbons (Fsp3) is 0.500. The van der Waals surface area contributed by atoms with E-state index < -0.39 is 0 Å². The predicted octanol–water partition coefficient (Wildman–Crippen LogP) is 2.14. The van der Waals surface area contributed by atoms with Crippen molar-refractivity contribution in [3.05, 3.63) is 23.9 Å². The number of carbonyl (C=O) groups is 1. The fourth-order valence-corrected chi connectivity index (χ4v) is 1.72. The maximum absolute atomic E-state index is 12.3. The van der Waals surface area contributed by atoms with E-state index in [-0.39, 0.29) is 11.8 Å². The molecule has 1 N–H and O–H groups in total. The Balaban J connectivity index is 2.77. The van der Waals surface area contributed by atoms with Crippen LogP contribution in [0, 0.1) is 17.2 Å². The molecule has 1 aromatic heterocycles. The van der Waals surface area contributed by atoms with E-state index in [0.29, 0.717) is 18.7 Å². The van der Waals surface area contributed by atoms with E-state index in [1.807, 2.05) is 20.8 Å². The minimum Gasteiger partial charge on any atom is -0.370 e. The SMILES string of the molecule is CCNc1ccc(C(=O)N(CC)CC(C)C#N)cn1. The van der Waals surface area contributed by atoms with E-state index in [4.69, 9.17) is 5.26 Å². The molecule has 102 valence electrons. The number of nitrogens with zero attached hydrogens (tertiary/aromatic N) is 3. The molecule has 0 spiro atoms. The van der Waals surface area contributed by atoms with Crippen LogP contribution in [0.5, 0.6) is 0 Å².